The van der Waals surface area contributed by atoms with E-state index in [-0.39, 0.29) is 10.8 Å². The Morgan fingerprint density at radius 3 is 1.25 bits per heavy atom. The molecule has 0 aromatic heterocycles. The molecule has 0 heterocycles. The molecule has 4 aromatic rings. The number of fused-ring (bicyclic) bond motifs is 9. The summed E-state index contributed by atoms with van der Waals surface area (Å²) in [5.74, 6) is 0. The molecule has 0 unspecified atom stereocenters. The van der Waals surface area contributed by atoms with Crippen LogP contribution in [0.15, 0.2) is 72.8 Å². The minimum Gasteiger partial charge on any atom is -0.0619 e. The first-order valence-electron chi connectivity index (χ1n) is 10.2. The van der Waals surface area contributed by atoms with Crippen LogP contribution in [0.25, 0.3) is 33.0 Å². The van der Waals surface area contributed by atoms with Gasteiger partial charge in [-0.2, -0.15) is 0 Å². The summed E-state index contributed by atoms with van der Waals surface area (Å²) in [5.41, 5.74) is 11.5. The van der Waals surface area contributed by atoms with E-state index in [2.05, 4.69) is 100 Å². The molecule has 0 heteroatoms. The zero-order valence-corrected chi connectivity index (χ0v) is 16.9. The predicted molar refractivity (Wildman–Crippen MR) is 119 cm³/mol. The van der Waals surface area contributed by atoms with Crippen molar-refractivity contribution >= 4 is 10.8 Å². The van der Waals surface area contributed by atoms with E-state index in [4.69, 9.17) is 0 Å². The van der Waals surface area contributed by atoms with Crippen LogP contribution in [-0.4, -0.2) is 0 Å². The number of rotatable bonds is 0. The Kier molecular flexibility index (Phi) is 2.85. The normalized spacial score (nSPS) is 17.1. The van der Waals surface area contributed by atoms with Gasteiger partial charge in [0.1, 0.15) is 0 Å². The summed E-state index contributed by atoms with van der Waals surface area (Å²) >= 11 is 0. The smallest absolute Gasteiger partial charge is 0.0165 e. The van der Waals surface area contributed by atoms with Gasteiger partial charge in [0.05, 0.1) is 0 Å². The summed E-state index contributed by atoms with van der Waals surface area (Å²) in [6.07, 6.45) is 0. The van der Waals surface area contributed by atoms with Crippen LogP contribution in [0.1, 0.15) is 49.9 Å². The number of hydrogen-bond acceptors (Lipinski definition) is 0. The maximum atomic E-state index is 2.38. The Labute approximate surface area is 166 Å². The van der Waals surface area contributed by atoms with Gasteiger partial charge in [-0.1, -0.05) is 100 Å². The second-order valence-electron chi connectivity index (χ2n) is 9.41. The van der Waals surface area contributed by atoms with Crippen LogP contribution >= 0.6 is 0 Å². The lowest BCUT2D eigenvalue weighted by molar-refractivity contribution is 0.661. The molecule has 0 aliphatic heterocycles. The molecule has 0 atom stereocenters. The zero-order valence-electron chi connectivity index (χ0n) is 16.9. The highest BCUT2D eigenvalue weighted by atomic mass is 14.4. The Hall–Kier alpha value is -2.86. The van der Waals surface area contributed by atoms with Crippen LogP contribution in [0.3, 0.4) is 0 Å². The minimum absolute atomic E-state index is 0.0231. The molecule has 4 aromatic carbocycles. The van der Waals surface area contributed by atoms with Crippen LogP contribution < -0.4 is 0 Å². The summed E-state index contributed by atoms with van der Waals surface area (Å²) in [6.45, 7) is 9.52. The van der Waals surface area contributed by atoms with Gasteiger partial charge in [-0.05, 0) is 55.3 Å². The summed E-state index contributed by atoms with van der Waals surface area (Å²) in [7, 11) is 0. The zero-order chi connectivity index (χ0) is 19.3. The van der Waals surface area contributed by atoms with Crippen LogP contribution in [0, 0.1) is 0 Å². The van der Waals surface area contributed by atoms with E-state index < -0.39 is 0 Å². The topological polar surface area (TPSA) is 0 Å². The van der Waals surface area contributed by atoms with Gasteiger partial charge in [0.25, 0.3) is 0 Å². The molecule has 6 rings (SSSR count). The van der Waals surface area contributed by atoms with Crippen molar-refractivity contribution in [1.82, 2.24) is 0 Å². The molecule has 0 nitrogen and oxygen atoms in total. The van der Waals surface area contributed by atoms with Gasteiger partial charge >= 0.3 is 0 Å². The van der Waals surface area contributed by atoms with Gasteiger partial charge in [-0.3, -0.25) is 0 Å². The van der Waals surface area contributed by atoms with Crippen molar-refractivity contribution in [3.8, 4) is 22.3 Å². The van der Waals surface area contributed by atoms with Crippen molar-refractivity contribution < 1.29 is 0 Å². The fourth-order valence-corrected chi connectivity index (χ4v) is 6.00. The second-order valence-corrected chi connectivity index (χ2v) is 9.41. The van der Waals surface area contributed by atoms with E-state index in [0.717, 1.165) is 0 Å². The molecule has 0 radical (unpaired) electrons. The van der Waals surface area contributed by atoms with E-state index in [0.29, 0.717) is 0 Å². The highest BCUT2D eigenvalue weighted by Crippen LogP contribution is 2.55. The Morgan fingerprint density at radius 1 is 0.429 bits per heavy atom. The average Bonchev–Trinajstić information content (AvgIpc) is 3.08. The monoisotopic (exact) mass is 360 g/mol. The lowest BCUT2D eigenvalue weighted by Gasteiger charge is -2.26. The third-order valence-corrected chi connectivity index (χ3v) is 7.23. The van der Waals surface area contributed by atoms with Gasteiger partial charge in [0.15, 0.2) is 0 Å². The van der Waals surface area contributed by atoms with Gasteiger partial charge < -0.3 is 0 Å². The fraction of sp³-hybridized carbons (Fsp3) is 0.214. The third-order valence-electron chi connectivity index (χ3n) is 7.23. The Morgan fingerprint density at radius 2 is 0.821 bits per heavy atom. The van der Waals surface area contributed by atoms with E-state index in [1.165, 1.54) is 55.3 Å². The molecule has 0 saturated heterocycles. The molecule has 0 bridgehead atoms. The van der Waals surface area contributed by atoms with Crippen LogP contribution in [-0.2, 0) is 10.8 Å². The lowest BCUT2D eigenvalue weighted by Crippen LogP contribution is -2.17. The van der Waals surface area contributed by atoms with Gasteiger partial charge in [-0.15, -0.1) is 0 Å². The number of hydrogen-bond donors (Lipinski definition) is 0. The standard InChI is InChI=1S/C28H24/c1-27(2)23-11-7-5-9-17(23)19-13-16-22-21(25(19)27)15-14-20-18-10-6-8-12-24(18)28(3,4)26(20)22/h5-16H,1-4H3. The molecule has 28 heavy (non-hydrogen) atoms. The van der Waals surface area contributed by atoms with E-state index in [9.17, 15) is 0 Å². The quantitative estimate of drug-likeness (QED) is 0.305. The molecule has 0 N–H and O–H groups in total. The summed E-state index contributed by atoms with van der Waals surface area (Å²) in [5, 5.41) is 2.83. The molecule has 2 aliphatic rings. The molecular weight excluding hydrogens is 336 g/mol. The molecule has 2 aliphatic carbocycles. The lowest BCUT2D eigenvalue weighted by atomic mass is 9.76. The average molecular weight is 361 g/mol. The molecule has 0 amide bonds. The van der Waals surface area contributed by atoms with Crippen molar-refractivity contribution in [1.29, 1.82) is 0 Å². The van der Waals surface area contributed by atoms with E-state index in [1.807, 2.05) is 0 Å². The first-order chi connectivity index (χ1) is 13.4. The number of benzene rings is 4. The summed E-state index contributed by atoms with van der Waals surface area (Å²) < 4.78 is 0. The molecule has 0 fully saturated rings. The van der Waals surface area contributed by atoms with Crippen molar-refractivity contribution in [3.63, 3.8) is 0 Å². The molecular formula is C28H24. The van der Waals surface area contributed by atoms with E-state index >= 15 is 0 Å². The predicted octanol–water partition coefficient (Wildman–Crippen LogP) is 7.45. The molecule has 0 saturated carbocycles. The minimum atomic E-state index is 0.0231. The third kappa shape index (κ3) is 1.72. The highest BCUT2D eigenvalue weighted by molar-refractivity contribution is 6.03. The Bertz CT molecular complexity index is 1200. The first-order valence-corrected chi connectivity index (χ1v) is 10.2. The summed E-state index contributed by atoms with van der Waals surface area (Å²) in [4.78, 5) is 0. The van der Waals surface area contributed by atoms with Gasteiger partial charge in [0.2, 0.25) is 0 Å². The van der Waals surface area contributed by atoms with Crippen molar-refractivity contribution in [2.45, 2.75) is 38.5 Å². The van der Waals surface area contributed by atoms with Crippen LogP contribution in [0.5, 0.6) is 0 Å². The fourth-order valence-electron chi connectivity index (χ4n) is 6.00. The van der Waals surface area contributed by atoms with E-state index in [1.54, 1.807) is 0 Å². The SMILES string of the molecule is CC1(C)c2ccccc2-c2ccc3c4c(ccc3c21)-c1ccccc1C4(C)C. The highest BCUT2D eigenvalue weighted by Gasteiger charge is 2.40. The summed E-state index contributed by atoms with van der Waals surface area (Å²) in [6, 6.07) is 27.3. The molecule has 136 valence electrons. The van der Waals surface area contributed by atoms with Crippen LogP contribution in [0.2, 0.25) is 0 Å². The largest absolute Gasteiger partial charge is 0.0619 e. The van der Waals surface area contributed by atoms with Crippen molar-refractivity contribution in [2.24, 2.45) is 0 Å². The van der Waals surface area contributed by atoms with Crippen LogP contribution in [0.4, 0.5) is 0 Å². The molecule has 0 spiro atoms. The Balaban J connectivity index is 1.74. The second kappa shape index (κ2) is 4.94. The maximum absolute atomic E-state index is 2.38. The van der Waals surface area contributed by atoms with Crippen molar-refractivity contribution in [2.75, 3.05) is 0 Å². The van der Waals surface area contributed by atoms with Gasteiger partial charge in [0, 0.05) is 10.8 Å². The maximum Gasteiger partial charge on any atom is 0.0165 e. The first kappa shape index (κ1) is 16.1. The van der Waals surface area contributed by atoms with Crippen molar-refractivity contribution in [3.05, 3.63) is 95.1 Å². The van der Waals surface area contributed by atoms with Gasteiger partial charge in [-0.25, -0.2) is 0 Å².